The molecule has 1 unspecified atom stereocenters. The van der Waals surface area contributed by atoms with Crippen LogP contribution in [0.25, 0.3) is 0 Å². The second-order valence-electron chi connectivity index (χ2n) is 6.72. The van der Waals surface area contributed by atoms with E-state index in [0.717, 1.165) is 11.5 Å². The predicted octanol–water partition coefficient (Wildman–Crippen LogP) is 4.34. The number of rotatable bonds is 4. The second kappa shape index (κ2) is 11.1. The van der Waals surface area contributed by atoms with E-state index in [0.29, 0.717) is 48.5 Å². The van der Waals surface area contributed by atoms with Crippen LogP contribution in [0.15, 0.2) is 46.0 Å². The summed E-state index contributed by atoms with van der Waals surface area (Å²) in [7, 11) is 1.76. The average molecular weight is 551 g/mol. The van der Waals surface area contributed by atoms with Crippen LogP contribution in [0.5, 0.6) is 0 Å². The van der Waals surface area contributed by atoms with Crippen LogP contribution in [0.2, 0.25) is 10.0 Å². The number of carbonyl (C=O) groups excluding carboxylic acids is 1. The van der Waals surface area contributed by atoms with Crippen LogP contribution in [0, 0.1) is 0 Å². The molecule has 1 N–H and O–H groups in total. The van der Waals surface area contributed by atoms with Crippen LogP contribution in [0.3, 0.4) is 0 Å². The lowest BCUT2D eigenvalue weighted by molar-refractivity contribution is 0.0657. The minimum absolute atomic E-state index is 0. The molecule has 0 radical (unpaired) electrons. The first-order valence-electron chi connectivity index (χ1n) is 9.23. The molecule has 29 heavy (non-hydrogen) atoms. The van der Waals surface area contributed by atoms with Crippen LogP contribution in [0.4, 0.5) is 0 Å². The summed E-state index contributed by atoms with van der Waals surface area (Å²) < 4.78 is 5.21. The highest BCUT2D eigenvalue weighted by molar-refractivity contribution is 14.0. The van der Waals surface area contributed by atoms with Gasteiger partial charge < -0.3 is 19.5 Å². The Morgan fingerprint density at radius 1 is 1.14 bits per heavy atom. The summed E-state index contributed by atoms with van der Waals surface area (Å²) in [4.78, 5) is 20.7. The van der Waals surface area contributed by atoms with Gasteiger partial charge in [-0.25, -0.2) is 0 Å². The van der Waals surface area contributed by atoms with E-state index in [-0.39, 0.29) is 35.8 Å². The van der Waals surface area contributed by atoms with Crippen molar-refractivity contribution >= 4 is 59.0 Å². The normalized spacial score (nSPS) is 15.7. The fourth-order valence-electron chi connectivity index (χ4n) is 3.34. The Morgan fingerprint density at radius 2 is 1.76 bits per heavy atom. The summed E-state index contributed by atoms with van der Waals surface area (Å²) in [5.74, 6) is 1.23. The number of piperazine rings is 1. The fraction of sp³-hybridized carbons (Fsp3) is 0.400. The van der Waals surface area contributed by atoms with Crippen molar-refractivity contribution in [1.82, 2.24) is 15.1 Å². The van der Waals surface area contributed by atoms with Gasteiger partial charge in [-0.15, -0.1) is 24.0 Å². The van der Waals surface area contributed by atoms with Gasteiger partial charge in [-0.05, 0) is 29.8 Å². The van der Waals surface area contributed by atoms with Gasteiger partial charge in [-0.3, -0.25) is 9.79 Å². The monoisotopic (exact) mass is 550 g/mol. The highest BCUT2D eigenvalue weighted by Crippen LogP contribution is 2.31. The van der Waals surface area contributed by atoms with Crippen LogP contribution < -0.4 is 5.32 Å². The Morgan fingerprint density at radius 3 is 2.31 bits per heavy atom. The molecule has 1 amide bonds. The third kappa shape index (κ3) is 5.79. The van der Waals surface area contributed by atoms with Gasteiger partial charge in [0, 0.05) is 55.7 Å². The number of carbonyl (C=O) groups is 1. The van der Waals surface area contributed by atoms with E-state index in [1.54, 1.807) is 24.1 Å². The van der Waals surface area contributed by atoms with Gasteiger partial charge in [-0.1, -0.05) is 36.2 Å². The maximum atomic E-state index is 12.4. The molecule has 0 spiro atoms. The van der Waals surface area contributed by atoms with E-state index < -0.39 is 0 Å². The Hall–Kier alpha value is -1.45. The van der Waals surface area contributed by atoms with E-state index in [2.05, 4.69) is 22.1 Å². The molecule has 2 heterocycles. The van der Waals surface area contributed by atoms with Crippen LogP contribution in [-0.4, -0.2) is 61.4 Å². The molecule has 1 saturated heterocycles. The fourth-order valence-corrected chi connectivity index (χ4v) is 4.11. The van der Waals surface area contributed by atoms with Crippen molar-refractivity contribution in [3.05, 3.63) is 58.0 Å². The number of nitrogens with one attached hydrogen (secondary N) is 1. The zero-order chi connectivity index (χ0) is 20.1. The minimum Gasteiger partial charge on any atom is -0.459 e. The lowest BCUT2D eigenvalue weighted by Crippen LogP contribution is -2.54. The lowest BCUT2D eigenvalue weighted by Gasteiger charge is -2.36. The van der Waals surface area contributed by atoms with E-state index in [1.807, 2.05) is 18.2 Å². The molecule has 1 atom stereocenters. The van der Waals surface area contributed by atoms with Crippen molar-refractivity contribution in [2.75, 3.05) is 39.8 Å². The average Bonchev–Trinajstić information content (AvgIpc) is 3.23. The first-order chi connectivity index (χ1) is 13.5. The number of furan rings is 1. The molecule has 0 bridgehead atoms. The Bertz CT molecular complexity index is 817. The van der Waals surface area contributed by atoms with Gasteiger partial charge >= 0.3 is 0 Å². The topological polar surface area (TPSA) is 61.1 Å². The van der Waals surface area contributed by atoms with E-state index in [4.69, 9.17) is 27.6 Å². The molecular formula is C20H25Cl2IN4O2. The zero-order valence-corrected chi connectivity index (χ0v) is 20.2. The SMILES string of the molecule is CN=C(NCC(C)c1c(Cl)cccc1Cl)N1CCN(C(=O)c2ccco2)CC1.I. The summed E-state index contributed by atoms with van der Waals surface area (Å²) in [6, 6.07) is 8.96. The van der Waals surface area contributed by atoms with Crippen molar-refractivity contribution in [2.45, 2.75) is 12.8 Å². The van der Waals surface area contributed by atoms with Crippen molar-refractivity contribution in [3.63, 3.8) is 0 Å². The third-order valence-corrected chi connectivity index (χ3v) is 5.53. The van der Waals surface area contributed by atoms with E-state index in [1.165, 1.54) is 6.26 Å². The summed E-state index contributed by atoms with van der Waals surface area (Å²) in [6.45, 7) is 5.37. The highest BCUT2D eigenvalue weighted by atomic mass is 127. The summed E-state index contributed by atoms with van der Waals surface area (Å²) >= 11 is 12.6. The molecule has 2 aromatic rings. The van der Waals surface area contributed by atoms with Crippen molar-refractivity contribution < 1.29 is 9.21 Å². The molecule has 3 rings (SSSR count). The van der Waals surface area contributed by atoms with Crippen molar-refractivity contribution in [3.8, 4) is 0 Å². The van der Waals surface area contributed by atoms with Crippen molar-refractivity contribution in [1.29, 1.82) is 0 Å². The number of amides is 1. The van der Waals surface area contributed by atoms with Crippen LogP contribution in [-0.2, 0) is 0 Å². The van der Waals surface area contributed by atoms with E-state index in [9.17, 15) is 4.79 Å². The van der Waals surface area contributed by atoms with Gasteiger partial charge in [0.05, 0.1) is 6.26 Å². The molecule has 158 valence electrons. The highest BCUT2D eigenvalue weighted by Gasteiger charge is 2.25. The van der Waals surface area contributed by atoms with Gasteiger partial charge in [0.25, 0.3) is 5.91 Å². The molecule has 1 aliphatic heterocycles. The first-order valence-corrected chi connectivity index (χ1v) is 9.99. The smallest absolute Gasteiger partial charge is 0.289 e. The summed E-state index contributed by atoms with van der Waals surface area (Å²) in [6.07, 6.45) is 1.52. The summed E-state index contributed by atoms with van der Waals surface area (Å²) in [5.41, 5.74) is 0.933. The number of aliphatic imine (C=N–C) groups is 1. The van der Waals surface area contributed by atoms with Gasteiger partial charge in [0.1, 0.15) is 0 Å². The second-order valence-corrected chi connectivity index (χ2v) is 7.54. The minimum atomic E-state index is -0.0745. The van der Waals surface area contributed by atoms with Gasteiger partial charge in [-0.2, -0.15) is 0 Å². The molecule has 1 aromatic heterocycles. The molecular weight excluding hydrogens is 526 g/mol. The molecule has 0 aliphatic carbocycles. The number of halogens is 3. The largest absolute Gasteiger partial charge is 0.459 e. The predicted molar refractivity (Wildman–Crippen MR) is 128 cm³/mol. The number of guanidine groups is 1. The maximum absolute atomic E-state index is 12.4. The maximum Gasteiger partial charge on any atom is 0.289 e. The summed E-state index contributed by atoms with van der Waals surface area (Å²) in [5, 5.41) is 4.74. The molecule has 1 fully saturated rings. The standard InChI is InChI=1S/C20H24Cl2N4O2.HI/c1-14(18-15(21)5-3-6-16(18)22)13-24-20(23-2)26-10-8-25(9-11-26)19(27)17-7-4-12-28-17;/h3-7,12,14H,8-11,13H2,1-2H3,(H,23,24);1H. The number of benzene rings is 1. The Kier molecular flexibility index (Phi) is 9.10. The van der Waals surface area contributed by atoms with Crippen LogP contribution in [0.1, 0.15) is 29.0 Å². The van der Waals surface area contributed by atoms with E-state index >= 15 is 0 Å². The van der Waals surface area contributed by atoms with Crippen LogP contribution >= 0.6 is 47.2 Å². The van der Waals surface area contributed by atoms with Gasteiger partial charge in [0.2, 0.25) is 0 Å². The molecule has 9 heteroatoms. The Labute approximate surface area is 198 Å². The molecule has 1 aliphatic rings. The first kappa shape index (κ1) is 23.8. The lowest BCUT2D eigenvalue weighted by atomic mass is 10.0. The Balaban J connectivity index is 0.00000300. The zero-order valence-electron chi connectivity index (χ0n) is 16.4. The molecule has 0 saturated carbocycles. The number of hydrogen-bond donors (Lipinski definition) is 1. The molecule has 6 nitrogen and oxygen atoms in total. The van der Waals surface area contributed by atoms with Gasteiger partial charge in [0.15, 0.2) is 11.7 Å². The quantitative estimate of drug-likeness (QED) is 0.349. The molecule has 1 aromatic carbocycles. The van der Waals surface area contributed by atoms with Crippen molar-refractivity contribution in [2.24, 2.45) is 4.99 Å². The number of hydrogen-bond acceptors (Lipinski definition) is 3. The number of nitrogens with zero attached hydrogens (tertiary/aromatic N) is 3. The third-order valence-electron chi connectivity index (χ3n) is 4.87.